The number of nitrogens with zero attached hydrogens (tertiary/aromatic N) is 5. The average molecular weight is 493 g/mol. The fraction of sp³-hybridized carbons (Fsp3) is 0.381. The van der Waals surface area contributed by atoms with Crippen molar-refractivity contribution in [2.45, 2.75) is 33.1 Å². The Morgan fingerprint density at radius 1 is 1.27 bits per heavy atom. The second kappa shape index (κ2) is 10.3. The van der Waals surface area contributed by atoms with Crippen LogP contribution < -0.4 is 5.32 Å². The molecule has 0 aromatic carbocycles. The van der Waals surface area contributed by atoms with Crippen molar-refractivity contribution >= 4 is 45.2 Å². The topological polar surface area (TPSA) is 92.6 Å². The molecule has 4 rings (SSSR count). The van der Waals surface area contributed by atoms with Crippen LogP contribution in [0.5, 0.6) is 0 Å². The fourth-order valence-electron chi connectivity index (χ4n) is 3.33. The number of hydrogen-bond donors (Lipinski definition) is 1. The molecule has 0 radical (unpaired) electrons. The van der Waals surface area contributed by atoms with Gasteiger partial charge in [0.25, 0.3) is 12.3 Å². The molecule has 1 aliphatic heterocycles. The highest BCUT2D eigenvalue weighted by Gasteiger charge is 2.22. The SMILES string of the molecule is Cc1nc(C)c(-c2csc(Nc3ccc(C(=O)N4CCC(=NOCC(F)F)CC4)cn3)n2)s1. The van der Waals surface area contributed by atoms with Crippen molar-refractivity contribution in [1.29, 1.82) is 0 Å². The minimum Gasteiger partial charge on any atom is -0.390 e. The number of nitrogens with one attached hydrogen (secondary N) is 1. The van der Waals surface area contributed by atoms with Crippen molar-refractivity contribution < 1.29 is 18.4 Å². The zero-order valence-corrected chi connectivity index (χ0v) is 19.7. The number of aryl methyl sites for hydroxylation is 2. The number of likely N-dealkylation sites (tertiary alicyclic amines) is 1. The Labute approximate surface area is 197 Å². The van der Waals surface area contributed by atoms with Gasteiger partial charge in [-0.05, 0) is 26.0 Å². The van der Waals surface area contributed by atoms with E-state index in [9.17, 15) is 13.6 Å². The summed E-state index contributed by atoms with van der Waals surface area (Å²) in [6.07, 6.45) is -0.0311. The minimum atomic E-state index is -2.55. The van der Waals surface area contributed by atoms with Crippen molar-refractivity contribution in [1.82, 2.24) is 19.9 Å². The second-order valence-corrected chi connectivity index (χ2v) is 9.44. The lowest BCUT2D eigenvalue weighted by Crippen LogP contribution is -2.38. The van der Waals surface area contributed by atoms with Gasteiger partial charge in [-0.25, -0.2) is 23.7 Å². The Morgan fingerprint density at radius 3 is 2.70 bits per heavy atom. The molecule has 0 atom stereocenters. The Bertz CT molecular complexity index is 1140. The Morgan fingerprint density at radius 2 is 2.06 bits per heavy atom. The van der Waals surface area contributed by atoms with E-state index < -0.39 is 13.0 Å². The minimum absolute atomic E-state index is 0.130. The third-order valence-electron chi connectivity index (χ3n) is 4.91. The normalized spacial score (nSPS) is 14.0. The van der Waals surface area contributed by atoms with Crippen LogP contribution in [0, 0.1) is 13.8 Å². The van der Waals surface area contributed by atoms with Gasteiger partial charge in [0.15, 0.2) is 11.7 Å². The zero-order valence-electron chi connectivity index (χ0n) is 18.0. The molecule has 3 aromatic heterocycles. The molecule has 1 N–H and O–H groups in total. The summed E-state index contributed by atoms with van der Waals surface area (Å²) in [5.41, 5.74) is 3.01. The number of pyridine rings is 1. The van der Waals surface area contributed by atoms with Crippen LogP contribution in [0.25, 0.3) is 10.6 Å². The number of aromatic nitrogens is 3. The van der Waals surface area contributed by atoms with Crippen LogP contribution in [0.1, 0.15) is 33.9 Å². The van der Waals surface area contributed by atoms with Crippen LogP contribution in [0.4, 0.5) is 19.7 Å². The molecule has 1 saturated heterocycles. The first-order valence-electron chi connectivity index (χ1n) is 10.3. The van der Waals surface area contributed by atoms with Gasteiger partial charge in [-0.15, -0.1) is 22.7 Å². The molecule has 0 bridgehead atoms. The Balaban J connectivity index is 1.32. The number of anilines is 2. The number of carbonyl (C=O) groups is 1. The second-order valence-electron chi connectivity index (χ2n) is 7.38. The molecule has 174 valence electrons. The molecule has 0 unspecified atom stereocenters. The molecule has 0 spiro atoms. The van der Waals surface area contributed by atoms with Crippen molar-refractivity contribution in [3.8, 4) is 10.6 Å². The number of amides is 1. The maximum Gasteiger partial charge on any atom is 0.274 e. The maximum absolute atomic E-state index is 12.8. The van der Waals surface area contributed by atoms with Gasteiger partial charge in [-0.1, -0.05) is 5.16 Å². The first-order valence-corrected chi connectivity index (χ1v) is 12.0. The van der Waals surface area contributed by atoms with Crippen LogP contribution in [0.2, 0.25) is 0 Å². The fourth-order valence-corrected chi connectivity index (χ4v) is 5.00. The first-order chi connectivity index (χ1) is 15.9. The predicted octanol–water partition coefficient (Wildman–Crippen LogP) is 4.90. The number of thiazole rings is 2. The molecule has 4 heterocycles. The monoisotopic (exact) mass is 492 g/mol. The molecule has 8 nitrogen and oxygen atoms in total. The lowest BCUT2D eigenvalue weighted by Gasteiger charge is -2.27. The van der Waals surface area contributed by atoms with Gasteiger partial charge in [0, 0.05) is 37.5 Å². The van der Waals surface area contributed by atoms with Crippen molar-refractivity contribution in [3.63, 3.8) is 0 Å². The van der Waals surface area contributed by atoms with E-state index in [0.29, 0.717) is 48.2 Å². The van der Waals surface area contributed by atoms with Crippen LogP contribution in [0.3, 0.4) is 0 Å². The molecule has 12 heteroatoms. The lowest BCUT2D eigenvalue weighted by atomic mass is 10.1. The van der Waals surface area contributed by atoms with Gasteiger partial charge in [0.2, 0.25) is 0 Å². The van der Waals surface area contributed by atoms with Gasteiger partial charge in [-0.3, -0.25) is 4.79 Å². The highest BCUT2D eigenvalue weighted by molar-refractivity contribution is 7.16. The molecule has 0 aliphatic carbocycles. The molecule has 1 amide bonds. The summed E-state index contributed by atoms with van der Waals surface area (Å²) < 4.78 is 24.2. The van der Waals surface area contributed by atoms with Gasteiger partial charge in [0.1, 0.15) is 5.82 Å². The molecule has 3 aromatic rings. The Kier molecular flexibility index (Phi) is 7.23. The first kappa shape index (κ1) is 23.2. The van der Waals surface area contributed by atoms with Gasteiger partial charge in [0.05, 0.1) is 32.5 Å². The third-order valence-corrected chi connectivity index (χ3v) is 6.76. The molecule has 1 fully saturated rings. The summed E-state index contributed by atoms with van der Waals surface area (Å²) in [5.74, 6) is 0.461. The van der Waals surface area contributed by atoms with Crippen molar-refractivity contribution in [3.05, 3.63) is 40.0 Å². The van der Waals surface area contributed by atoms with Gasteiger partial charge >= 0.3 is 0 Å². The standard InChI is InChI=1S/C21H22F2N6O2S2/c1-12-19(33-13(2)25-12)16-11-32-21(26-16)27-18-4-3-14(9-24-18)20(30)29-7-5-15(6-8-29)28-31-10-17(22)23/h3-4,9,11,17H,5-8,10H2,1-2H3,(H,24,26,27). The average Bonchev–Trinajstić information content (AvgIpc) is 3.39. The van der Waals surface area contributed by atoms with E-state index in [-0.39, 0.29) is 5.91 Å². The lowest BCUT2D eigenvalue weighted by molar-refractivity contribution is 0.0194. The van der Waals surface area contributed by atoms with E-state index in [4.69, 9.17) is 0 Å². The number of piperidine rings is 1. The molecule has 33 heavy (non-hydrogen) atoms. The number of hydrogen-bond acceptors (Lipinski definition) is 9. The van der Waals surface area contributed by atoms with Crippen LogP contribution >= 0.6 is 22.7 Å². The number of oxime groups is 1. The van der Waals surface area contributed by atoms with E-state index in [2.05, 4.69) is 30.3 Å². The predicted molar refractivity (Wildman–Crippen MR) is 125 cm³/mol. The summed E-state index contributed by atoms with van der Waals surface area (Å²) in [6.45, 7) is 4.13. The van der Waals surface area contributed by atoms with Gasteiger partial charge < -0.3 is 15.1 Å². The third kappa shape index (κ3) is 5.88. The number of rotatable bonds is 7. The van der Waals surface area contributed by atoms with E-state index in [1.165, 1.54) is 17.5 Å². The number of alkyl halides is 2. The number of carbonyl (C=O) groups excluding carboxylic acids is 1. The van der Waals surface area contributed by atoms with Gasteiger partial charge in [-0.2, -0.15) is 0 Å². The molecular weight excluding hydrogens is 470 g/mol. The van der Waals surface area contributed by atoms with E-state index in [1.807, 2.05) is 19.2 Å². The van der Waals surface area contributed by atoms with E-state index in [0.717, 1.165) is 21.3 Å². The van der Waals surface area contributed by atoms with Crippen LogP contribution in [-0.2, 0) is 4.84 Å². The van der Waals surface area contributed by atoms with Crippen molar-refractivity contribution in [2.24, 2.45) is 5.16 Å². The largest absolute Gasteiger partial charge is 0.390 e. The summed E-state index contributed by atoms with van der Waals surface area (Å²) in [4.78, 5) is 33.5. The highest BCUT2D eigenvalue weighted by atomic mass is 32.1. The molecular formula is C21H22F2N6O2S2. The highest BCUT2D eigenvalue weighted by Crippen LogP contribution is 2.32. The maximum atomic E-state index is 12.8. The van der Waals surface area contributed by atoms with Crippen LogP contribution in [-0.4, -0.2) is 57.6 Å². The molecule has 1 aliphatic rings. The smallest absolute Gasteiger partial charge is 0.274 e. The summed E-state index contributed by atoms with van der Waals surface area (Å²) in [7, 11) is 0. The number of halogens is 2. The van der Waals surface area contributed by atoms with Crippen LogP contribution in [0.15, 0.2) is 28.9 Å². The van der Waals surface area contributed by atoms with E-state index in [1.54, 1.807) is 28.4 Å². The summed E-state index contributed by atoms with van der Waals surface area (Å²) in [6, 6.07) is 3.46. The Hall–Kier alpha value is -2.99. The quantitative estimate of drug-likeness (QED) is 0.472. The van der Waals surface area contributed by atoms with Crippen molar-refractivity contribution in [2.75, 3.05) is 25.0 Å². The molecule has 0 saturated carbocycles. The zero-order chi connectivity index (χ0) is 23.4. The summed E-state index contributed by atoms with van der Waals surface area (Å²) >= 11 is 3.09. The van der Waals surface area contributed by atoms with E-state index >= 15 is 0 Å². The summed E-state index contributed by atoms with van der Waals surface area (Å²) in [5, 5.41) is 10.6.